The molecule has 1 aliphatic rings. The van der Waals surface area contributed by atoms with E-state index in [1.165, 1.54) is 43.6 Å². The molecule has 1 fully saturated rings. The Morgan fingerprint density at radius 3 is 2.52 bits per heavy atom. The molecule has 118 valence electrons. The molecule has 3 nitrogen and oxygen atoms in total. The molecular formula is C18H31N3. The summed E-state index contributed by atoms with van der Waals surface area (Å²) in [6, 6.07) is 7.20. The smallest absolute Gasteiger partial charge is 0.0547 e. The van der Waals surface area contributed by atoms with E-state index >= 15 is 0 Å². The third kappa shape index (κ3) is 5.76. The maximum absolute atomic E-state index is 4.82. The van der Waals surface area contributed by atoms with Crippen molar-refractivity contribution in [2.45, 2.75) is 65.6 Å². The Hall–Kier alpha value is -0.930. The van der Waals surface area contributed by atoms with E-state index in [0.29, 0.717) is 0 Å². The van der Waals surface area contributed by atoms with E-state index < -0.39 is 0 Å². The van der Waals surface area contributed by atoms with E-state index in [9.17, 15) is 0 Å². The maximum atomic E-state index is 4.82. The van der Waals surface area contributed by atoms with Crippen molar-refractivity contribution in [3.05, 3.63) is 29.6 Å². The summed E-state index contributed by atoms with van der Waals surface area (Å²) in [4.78, 5) is 7.34. The highest BCUT2D eigenvalue weighted by molar-refractivity contribution is 5.11. The zero-order valence-corrected chi connectivity index (χ0v) is 13.9. The molecule has 0 spiro atoms. The molecule has 1 saturated carbocycles. The Kier molecular flexibility index (Phi) is 6.65. The molecule has 0 bridgehead atoms. The van der Waals surface area contributed by atoms with E-state index in [1.54, 1.807) is 0 Å². The lowest BCUT2D eigenvalue weighted by Crippen LogP contribution is -2.29. The molecule has 2 rings (SSSR count). The summed E-state index contributed by atoms with van der Waals surface area (Å²) in [7, 11) is 0. The number of rotatable bonds is 10. The summed E-state index contributed by atoms with van der Waals surface area (Å²) >= 11 is 0. The Labute approximate surface area is 130 Å². The fraction of sp³-hybridized carbons (Fsp3) is 0.722. The summed E-state index contributed by atoms with van der Waals surface area (Å²) in [6.45, 7) is 11.0. The molecule has 0 radical (unpaired) electrons. The van der Waals surface area contributed by atoms with Gasteiger partial charge in [0.05, 0.1) is 11.4 Å². The van der Waals surface area contributed by atoms with Crippen LogP contribution in [0, 0.1) is 5.92 Å². The van der Waals surface area contributed by atoms with Gasteiger partial charge in [-0.25, -0.2) is 0 Å². The maximum Gasteiger partial charge on any atom is 0.0547 e. The summed E-state index contributed by atoms with van der Waals surface area (Å²) in [5, 5.41) is 3.54. The normalized spacial score (nSPS) is 15.1. The molecule has 21 heavy (non-hydrogen) atoms. The summed E-state index contributed by atoms with van der Waals surface area (Å²) in [5.74, 6) is 0.810. The Morgan fingerprint density at radius 1 is 1.19 bits per heavy atom. The summed E-state index contributed by atoms with van der Waals surface area (Å²) in [5.41, 5.74) is 2.39. The Morgan fingerprint density at radius 2 is 1.90 bits per heavy atom. The second-order valence-corrected chi connectivity index (χ2v) is 6.29. The van der Waals surface area contributed by atoms with Gasteiger partial charge in [0.15, 0.2) is 0 Å². The van der Waals surface area contributed by atoms with Gasteiger partial charge in [0, 0.05) is 25.7 Å². The molecule has 0 aliphatic heterocycles. The van der Waals surface area contributed by atoms with Gasteiger partial charge < -0.3 is 5.32 Å². The van der Waals surface area contributed by atoms with Crippen LogP contribution in [-0.4, -0.2) is 29.0 Å². The van der Waals surface area contributed by atoms with Crippen LogP contribution in [0.25, 0.3) is 0 Å². The van der Waals surface area contributed by atoms with Crippen LogP contribution in [0.2, 0.25) is 0 Å². The van der Waals surface area contributed by atoms with Gasteiger partial charge in [-0.1, -0.05) is 39.7 Å². The largest absolute Gasteiger partial charge is 0.308 e. The number of hydrogen-bond donors (Lipinski definition) is 1. The van der Waals surface area contributed by atoms with Gasteiger partial charge in [-0.2, -0.15) is 0 Å². The number of hydrogen-bond acceptors (Lipinski definition) is 3. The van der Waals surface area contributed by atoms with Crippen molar-refractivity contribution in [1.82, 2.24) is 15.2 Å². The van der Waals surface area contributed by atoms with E-state index in [2.05, 4.69) is 49.2 Å². The van der Waals surface area contributed by atoms with E-state index in [1.807, 2.05) is 0 Å². The van der Waals surface area contributed by atoms with Crippen LogP contribution in [-0.2, 0) is 13.1 Å². The average molecular weight is 289 g/mol. The average Bonchev–Trinajstić information content (AvgIpc) is 3.34. The van der Waals surface area contributed by atoms with Gasteiger partial charge in [-0.15, -0.1) is 0 Å². The highest BCUT2D eigenvalue weighted by atomic mass is 15.1. The van der Waals surface area contributed by atoms with Crippen LogP contribution < -0.4 is 5.32 Å². The molecular weight excluding hydrogens is 258 g/mol. The molecule has 0 amide bonds. The van der Waals surface area contributed by atoms with Crippen molar-refractivity contribution in [2.24, 2.45) is 5.92 Å². The highest BCUT2D eigenvalue weighted by Gasteiger charge is 2.20. The first-order valence-corrected chi connectivity index (χ1v) is 8.65. The highest BCUT2D eigenvalue weighted by Crippen LogP contribution is 2.19. The molecule has 1 N–H and O–H groups in total. The lowest BCUT2D eigenvalue weighted by atomic mass is 10.0. The zero-order valence-electron chi connectivity index (χ0n) is 13.9. The Bertz CT molecular complexity index is 411. The molecule has 1 aromatic heterocycles. The lowest BCUT2D eigenvalue weighted by Gasteiger charge is -2.25. The predicted molar refractivity (Wildman–Crippen MR) is 89.1 cm³/mol. The van der Waals surface area contributed by atoms with Crippen molar-refractivity contribution in [3.63, 3.8) is 0 Å². The van der Waals surface area contributed by atoms with E-state index in [-0.39, 0.29) is 0 Å². The number of aromatic nitrogens is 1. The van der Waals surface area contributed by atoms with Crippen molar-refractivity contribution < 1.29 is 0 Å². The minimum Gasteiger partial charge on any atom is -0.308 e. The topological polar surface area (TPSA) is 28.2 Å². The summed E-state index contributed by atoms with van der Waals surface area (Å²) < 4.78 is 0. The first-order valence-electron chi connectivity index (χ1n) is 8.65. The van der Waals surface area contributed by atoms with Gasteiger partial charge in [0.2, 0.25) is 0 Å². The van der Waals surface area contributed by atoms with Gasteiger partial charge in [0.1, 0.15) is 0 Å². The monoisotopic (exact) mass is 289 g/mol. The molecule has 0 aromatic carbocycles. The number of pyridine rings is 1. The van der Waals surface area contributed by atoms with Crippen LogP contribution in [0.4, 0.5) is 0 Å². The third-order valence-corrected chi connectivity index (χ3v) is 4.52. The van der Waals surface area contributed by atoms with Crippen LogP contribution in [0.15, 0.2) is 18.2 Å². The van der Waals surface area contributed by atoms with Crippen LogP contribution in [0.3, 0.4) is 0 Å². The third-order valence-electron chi connectivity index (χ3n) is 4.52. The lowest BCUT2D eigenvalue weighted by molar-refractivity contribution is 0.224. The molecule has 1 aromatic rings. The molecule has 1 aliphatic carbocycles. The zero-order chi connectivity index (χ0) is 15.1. The first-order chi connectivity index (χ1) is 10.2. The van der Waals surface area contributed by atoms with Gasteiger partial charge in [-0.05, 0) is 37.4 Å². The standard InChI is InChI=1S/C18H31N3/c1-4-15(5-2)13-21(6-3)14-18-9-7-8-17(20-18)12-19-16-10-11-16/h7-9,15-16,19H,4-6,10-14H2,1-3H3. The fourth-order valence-electron chi connectivity index (χ4n) is 2.70. The van der Waals surface area contributed by atoms with Crippen molar-refractivity contribution in [2.75, 3.05) is 13.1 Å². The van der Waals surface area contributed by atoms with Gasteiger partial charge in [-0.3, -0.25) is 9.88 Å². The van der Waals surface area contributed by atoms with Crippen molar-refractivity contribution in [3.8, 4) is 0 Å². The fourth-order valence-corrected chi connectivity index (χ4v) is 2.70. The van der Waals surface area contributed by atoms with Crippen molar-refractivity contribution >= 4 is 0 Å². The predicted octanol–water partition coefficient (Wildman–Crippen LogP) is 3.59. The van der Waals surface area contributed by atoms with E-state index in [0.717, 1.165) is 31.6 Å². The summed E-state index contributed by atoms with van der Waals surface area (Å²) in [6.07, 6.45) is 5.20. The minimum absolute atomic E-state index is 0.748. The quantitative estimate of drug-likeness (QED) is 0.713. The second-order valence-electron chi connectivity index (χ2n) is 6.29. The van der Waals surface area contributed by atoms with Gasteiger partial charge in [0.25, 0.3) is 0 Å². The SMILES string of the molecule is CCC(CC)CN(CC)Cc1cccc(CNC2CC2)n1. The molecule has 1 heterocycles. The second kappa shape index (κ2) is 8.50. The van der Waals surface area contributed by atoms with Crippen molar-refractivity contribution in [1.29, 1.82) is 0 Å². The molecule has 0 unspecified atom stereocenters. The van der Waals surface area contributed by atoms with Crippen LogP contribution in [0.5, 0.6) is 0 Å². The molecule has 3 heteroatoms. The molecule has 0 atom stereocenters. The Balaban J connectivity index is 1.88. The number of nitrogens with zero attached hydrogens (tertiary/aromatic N) is 2. The van der Waals surface area contributed by atoms with Gasteiger partial charge >= 0.3 is 0 Å². The first kappa shape index (κ1) is 16.4. The molecule has 0 saturated heterocycles. The number of nitrogens with one attached hydrogen (secondary N) is 1. The van der Waals surface area contributed by atoms with E-state index in [4.69, 9.17) is 4.98 Å². The minimum atomic E-state index is 0.748. The van der Waals surface area contributed by atoms with Crippen LogP contribution in [0.1, 0.15) is 57.8 Å². The van der Waals surface area contributed by atoms with Crippen LogP contribution >= 0.6 is 0 Å².